The van der Waals surface area contributed by atoms with Gasteiger partial charge in [-0.15, -0.1) is 0 Å². The Morgan fingerprint density at radius 2 is 0.816 bits per heavy atom. The molecule has 632 valence electrons. The molecule has 0 fully saturated rings. The fraction of sp³-hybridized carbons (Fsp3) is 0.731. The van der Waals surface area contributed by atoms with E-state index in [0.29, 0.717) is 147 Å². The van der Waals surface area contributed by atoms with Crippen LogP contribution in [0.15, 0.2) is 0 Å². The van der Waals surface area contributed by atoms with Gasteiger partial charge in [0.25, 0.3) is 0 Å². The third-order valence-electron chi connectivity index (χ3n) is 19.3. The first-order chi connectivity index (χ1) is 54.7. The average molecular weight is 1580 g/mol. The molecule has 0 aromatic carbocycles. The minimum Gasteiger partial charge on any atom is -0.357 e. The molecular weight excluding hydrogens is 1440 g/mol. The number of aromatic nitrogens is 18. The maximum absolute atomic E-state index is 8.63. The molecule has 6 aromatic rings. The second-order valence-corrected chi connectivity index (χ2v) is 30.6. The molecule has 0 saturated carbocycles. The number of anilines is 15. The Morgan fingerprint density at radius 1 is 0.404 bits per heavy atom. The predicted octanol–water partition coefficient (Wildman–Crippen LogP) is 10.5. The molecule has 0 unspecified atom stereocenters. The van der Waals surface area contributed by atoms with Crippen molar-refractivity contribution in [2.75, 3.05) is 233 Å². The lowest BCUT2D eigenvalue weighted by atomic mass is 10.1. The van der Waals surface area contributed by atoms with Crippen molar-refractivity contribution in [2.45, 2.75) is 222 Å². The van der Waals surface area contributed by atoms with Crippen molar-refractivity contribution in [3.63, 3.8) is 0 Å². The standard InChI is InChI=1S/C56H95N34.2C11H23N/c1-19-22-23-26-38(57)27-24-25-30-90-41(20-2)64-49-76-56(90)86(18)35-84(16)50-65-42(58-4)66-54(74-50)87(21-3)37-89-33-59-43-67-46(79(9)10)70-51(68-43)85(17)36-88(32-29-40-60-44(77(5)6)69-45(61-40)78(7)8)55-72-47(80(11)12)71-52(75-55)83(15)34-82(14)48-62-39(28-31-81(49)13)63-53(89)73-48;2*1-3-5-7-9-11(12)10-8-6-4-2/h57H,19-37H2,1-18H3,(H,58,65,66,74)(H,59,67,68,70);2*12H,3-10H2,1-2H3/q+1;;. The number of fused-ring (bicyclic) bond motifs is 10. The van der Waals surface area contributed by atoms with E-state index in [2.05, 4.69) is 78.5 Å². The van der Waals surface area contributed by atoms with Gasteiger partial charge in [0.1, 0.15) is 18.3 Å². The number of aryl methyl sites for hydroxylation is 1. The Hall–Kier alpha value is -9.93. The van der Waals surface area contributed by atoms with Gasteiger partial charge in [-0.1, -0.05) is 116 Å². The summed E-state index contributed by atoms with van der Waals surface area (Å²) in [5.74, 6) is 8.81. The van der Waals surface area contributed by atoms with Crippen LogP contribution in [0, 0.1) is 16.2 Å². The third kappa shape index (κ3) is 29.8. The fourth-order valence-electron chi connectivity index (χ4n) is 12.4. The molecule has 0 atom stereocenters. The normalized spacial score (nSPS) is 13.4. The fourth-order valence-corrected chi connectivity index (χ4v) is 12.4. The molecule has 0 amide bonds. The van der Waals surface area contributed by atoms with E-state index in [4.69, 9.17) is 96.0 Å². The Labute approximate surface area is 681 Å². The molecule has 0 spiro atoms. The molecule has 11 bridgehead atoms. The van der Waals surface area contributed by atoms with E-state index >= 15 is 0 Å². The van der Waals surface area contributed by atoms with Gasteiger partial charge in [0.2, 0.25) is 83.2 Å². The number of hydrogen-bond donors (Lipinski definition) is 5. The summed E-state index contributed by atoms with van der Waals surface area (Å²) in [6.07, 6.45) is 27.5. The summed E-state index contributed by atoms with van der Waals surface area (Å²) in [5.41, 5.74) is 2.76. The van der Waals surface area contributed by atoms with E-state index < -0.39 is 0 Å². The van der Waals surface area contributed by atoms with Crippen LogP contribution in [0.3, 0.4) is 0 Å². The lowest BCUT2D eigenvalue weighted by molar-refractivity contribution is -0.697. The SMILES string of the molecule is CCCCCC(=N)CCCCC.CCCCCC(=N)CCCCC.CCCCCC(=N)CCCC[n+]1c(CC)nc2nc1N(C)CN(C)c1nc(NC)nc(n1)N(CC)CN1CNc3nc(N(C)C)nc(n3)N(C)CN(CCc3nc(N(C)C)nc(N(C)C)n3)c3nc(N(C)C)nc(n3)N(C)CN(C)c3nc(nc1n3)CCN2C. The molecule has 6 aromatic heterocycles. The molecule has 0 radical (unpaired) electrons. The van der Waals surface area contributed by atoms with Gasteiger partial charge in [0.15, 0.2) is 0 Å². The van der Waals surface area contributed by atoms with Crippen LogP contribution in [0.5, 0.6) is 0 Å². The van der Waals surface area contributed by atoms with Crippen molar-refractivity contribution in [3.05, 3.63) is 17.5 Å². The first-order valence-electron chi connectivity index (χ1n) is 41.6. The summed E-state index contributed by atoms with van der Waals surface area (Å²) < 4.78 is 2.22. The lowest BCUT2D eigenvalue weighted by Crippen LogP contribution is -2.49. The van der Waals surface area contributed by atoms with E-state index in [0.717, 1.165) is 99.5 Å². The third-order valence-corrected chi connectivity index (χ3v) is 19.3. The molecule has 2 aliphatic rings. The molecule has 5 N–H and O–H groups in total. The van der Waals surface area contributed by atoms with Crippen LogP contribution in [0.25, 0.3) is 0 Å². The summed E-state index contributed by atoms with van der Waals surface area (Å²) >= 11 is 0. The highest BCUT2D eigenvalue weighted by Gasteiger charge is 2.30. The van der Waals surface area contributed by atoms with Crippen LogP contribution < -0.4 is 78.9 Å². The Morgan fingerprint density at radius 3 is 1.31 bits per heavy atom. The quantitative estimate of drug-likeness (QED) is 0.0140. The molecule has 36 nitrogen and oxygen atoms in total. The summed E-state index contributed by atoms with van der Waals surface area (Å²) in [7, 11) is 28.8. The molecule has 0 saturated heterocycles. The highest BCUT2D eigenvalue weighted by atomic mass is 15.5. The number of hydrogen-bond acceptors (Lipinski definition) is 35. The van der Waals surface area contributed by atoms with Crippen molar-refractivity contribution < 1.29 is 4.57 Å². The number of nitrogens with zero attached hydrogens (tertiary/aromatic N) is 31. The van der Waals surface area contributed by atoms with Crippen molar-refractivity contribution in [2.24, 2.45) is 0 Å². The van der Waals surface area contributed by atoms with Crippen LogP contribution in [-0.2, 0) is 25.8 Å². The van der Waals surface area contributed by atoms with Crippen LogP contribution in [0.4, 0.5) is 89.2 Å². The zero-order valence-electron chi connectivity index (χ0n) is 73.6. The number of nitrogens with one attached hydrogen (secondary N) is 5. The van der Waals surface area contributed by atoms with E-state index in [1.165, 1.54) is 77.0 Å². The monoisotopic (exact) mass is 1580 g/mol. The predicted molar refractivity (Wildman–Crippen MR) is 469 cm³/mol. The Bertz CT molecular complexity index is 3790. The second kappa shape index (κ2) is 48.3. The smallest absolute Gasteiger partial charge is 0.355 e. The van der Waals surface area contributed by atoms with E-state index in [1.54, 1.807) is 7.05 Å². The molecular formula is C78H141N36+. The summed E-state index contributed by atoms with van der Waals surface area (Å²) in [5, 5.41) is 30.7. The van der Waals surface area contributed by atoms with Gasteiger partial charge in [-0.05, 0) is 90.4 Å². The minimum atomic E-state index is 0.115. The zero-order chi connectivity index (χ0) is 83.4. The number of rotatable bonds is 35. The van der Waals surface area contributed by atoms with Crippen molar-refractivity contribution in [3.8, 4) is 0 Å². The average Bonchev–Trinajstić information content (AvgIpc) is 0.802. The first kappa shape index (κ1) is 92.9. The highest BCUT2D eigenvalue weighted by molar-refractivity contribution is 5.82. The van der Waals surface area contributed by atoms with Crippen molar-refractivity contribution in [1.82, 2.24) is 84.7 Å². The number of likely N-dealkylation sites (N-methyl/N-ethyl adjacent to an activating group) is 1. The van der Waals surface area contributed by atoms with E-state index in [9.17, 15) is 0 Å². The van der Waals surface area contributed by atoms with Gasteiger partial charge in [0.05, 0.1) is 33.2 Å². The molecule has 8 rings (SSSR count). The van der Waals surface area contributed by atoms with Gasteiger partial charge in [0, 0.05) is 162 Å². The van der Waals surface area contributed by atoms with Gasteiger partial charge < -0.3 is 85.7 Å². The molecule has 0 aliphatic carbocycles. The van der Waals surface area contributed by atoms with Crippen molar-refractivity contribution in [1.29, 1.82) is 16.2 Å². The minimum absolute atomic E-state index is 0.115. The van der Waals surface area contributed by atoms with Gasteiger partial charge >= 0.3 is 11.9 Å². The maximum Gasteiger partial charge on any atom is 0.355 e. The summed E-state index contributed by atoms with van der Waals surface area (Å²) in [6, 6.07) is 0. The van der Waals surface area contributed by atoms with E-state index in [-0.39, 0.29) is 26.7 Å². The second-order valence-electron chi connectivity index (χ2n) is 30.6. The topological polar surface area (TPSA) is 361 Å². The maximum atomic E-state index is 8.63. The Balaban J connectivity index is 0.000000724. The van der Waals surface area contributed by atoms with E-state index in [1.807, 2.05) is 153 Å². The largest absolute Gasteiger partial charge is 0.357 e. The highest BCUT2D eigenvalue weighted by Crippen LogP contribution is 2.27. The molecule has 2 aliphatic heterocycles. The van der Waals surface area contributed by atoms with Crippen LogP contribution in [0.1, 0.15) is 214 Å². The Kier molecular flexibility index (Phi) is 39.4. The van der Waals surface area contributed by atoms with Crippen molar-refractivity contribution >= 4 is 106 Å². The van der Waals surface area contributed by atoms with Crippen LogP contribution >= 0.6 is 0 Å². The zero-order valence-corrected chi connectivity index (χ0v) is 73.6. The van der Waals surface area contributed by atoms with Gasteiger partial charge in [-0.25, -0.2) is 4.57 Å². The van der Waals surface area contributed by atoms with Crippen LogP contribution in [-0.4, -0.2) is 261 Å². The lowest BCUT2D eigenvalue weighted by Gasteiger charge is -2.32. The van der Waals surface area contributed by atoms with Gasteiger partial charge in [-0.2, -0.15) is 74.8 Å². The summed E-state index contributed by atoms with van der Waals surface area (Å²) in [4.78, 5) is 111. The number of unbranched alkanes of at least 4 members (excludes halogenated alkanes) is 11. The molecule has 36 heteroatoms. The van der Waals surface area contributed by atoms with Crippen LogP contribution in [0.2, 0.25) is 0 Å². The van der Waals surface area contributed by atoms with Gasteiger partial charge in [-0.3, -0.25) is 4.90 Å². The first-order valence-corrected chi connectivity index (χ1v) is 41.6. The molecule has 114 heavy (non-hydrogen) atoms. The summed E-state index contributed by atoms with van der Waals surface area (Å²) in [6.45, 7) is 18.4. The molecule has 8 heterocycles.